The van der Waals surface area contributed by atoms with E-state index in [1.54, 1.807) is 20.8 Å². The van der Waals surface area contributed by atoms with Gasteiger partial charge in [0, 0.05) is 39.8 Å². The standard InChI is InChI=1S/C28H43NO9.ClH/c1-9-24(6)16-19(32)28(34)25(7)21(23(4,5)10-11-27(25,33)37-18(3)31)20(29-12-14-35-15-13-29)22(36-17(2)30)26(28,8)38-24;/h9,20-22,33-34H,1,10-16H2,2-8H3;1H/t20-,21-,22-,24-,25+,26+,27+,28-;/m0./s1. The summed E-state index contributed by atoms with van der Waals surface area (Å²) in [4.78, 5) is 41.4. The van der Waals surface area contributed by atoms with Gasteiger partial charge in [0.25, 0.3) is 0 Å². The average Bonchev–Trinajstić information content (AvgIpc) is 2.81. The summed E-state index contributed by atoms with van der Waals surface area (Å²) in [5.74, 6) is -4.80. The fourth-order valence-corrected chi connectivity index (χ4v) is 8.28. The van der Waals surface area contributed by atoms with Crippen LogP contribution in [0.2, 0.25) is 0 Å². The second-order valence-electron chi connectivity index (χ2n) is 12.8. The predicted octanol–water partition coefficient (Wildman–Crippen LogP) is 2.17. The van der Waals surface area contributed by atoms with E-state index in [2.05, 4.69) is 11.5 Å². The molecule has 0 amide bonds. The molecule has 0 unspecified atom stereocenters. The highest BCUT2D eigenvalue weighted by Crippen LogP contribution is 2.70. The molecule has 4 rings (SSSR count). The van der Waals surface area contributed by atoms with Crippen molar-refractivity contribution >= 4 is 30.1 Å². The van der Waals surface area contributed by atoms with Crippen LogP contribution in [0, 0.1) is 16.7 Å². The number of esters is 2. The third-order valence-corrected chi connectivity index (χ3v) is 9.91. The van der Waals surface area contributed by atoms with Gasteiger partial charge in [-0.3, -0.25) is 19.3 Å². The van der Waals surface area contributed by atoms with Gasteiger partial charge in [-0.1, -0.05) is 19.9 Å². The normalized spacial score (nSPS) is 45.7. The highest BCUT2D eigenvalue weighted by Gasteiger charge is 2.85. The van der Waals surface area contributed by atoms with Gasteiger partial charge < -0.3 is 29.2 Å². The van der Waals surface area contributed by atoms with Crippen molar-refractivity contribution in [1.29, 1.82) is 0 Å². The smallest absolute Gasteiger partial charge is 0.305 e. The lowest BCUT2D eigenvalue weighted by molar-refractivity contribution is -0.413. The second kappa shape index (κ2) is 10.1. The van der Waals surface area contributed by atoms with Gasteiger partial charge in [-0.15, -0.1) is 19.0 Å². The van der Waals surface area contributed by atoms with Gasteiger partial charge in [-0.05, 0) is 38.5 Å². The van der Waals surface area contributed by atoms with Crippen LogP contribution in [0.4, 0.5) is 0 Å². The average molecular weight is 574 g/mol. The topological polar surface area (TPSA) is 132 Å². The number of morpholine rings is 1. The Morgan fingerprint density at radius 2 is 1.64 bits per heavy atom. The molecule has 11 heteroatoms. The number of nitrogens with zero attached hydrogens (tertiary/aromatic N) is 1. The van der Waals surface area contributed by atoms with Gasteiger partial charge in [-0.25, -0.2) is 0 Å². The van der Waals surface area contributed by atoms with E-state index in [0.29, 0.717) is 32.7 Å². The predicted molar refractivity (Wildman–Crippen MR) is 143 cm³/mol. The van der Waals surface area contributed by atoms with Crippen molar-refractivity contribution in [2.24, 2.45) is 16.7 Å². The Morgan fingerprint density at radius 1 is 1.05 bits per heavy atom. The fraction of sp³-hybridized carbons (Fsp3) is 0.821. The van der Waals surface area contributed by atoms with E-state index >= 15 is 0 Å². The van der Waals surface area contributed by atoms with Crippen LogP contribution in [0.3, 0.4) is 0 Å². The van der Waals surface area contributed by atoms with Gasteiger partial charge in [0.05, 0.1) is 30.3 Å². The molecule has 2 aliphatic carbocycles. The molecule has 2 saturated heterocycles. The zero-order valence-corrected chi connectivity index (χ0v) is 24.9. The molecule has 2 aliphatic heterocycles. The summed E-state index contributed by atoms with van der Waals surface area (Å²) in [6.07, 6.45) is 0.601. The van der Waals surface area contributed by atoms with E-state index in [1.807, 2.05) is 13.8 Å². The molecule has 0 radical (unpaired) electrons. The van der Waals surface area contributed by atoms with E-state index in [-0.39, 0.29) is 25.2 Å². The van der Waals surface area contributed by atoms with Gasteiger partial charge in [0.2, 0.25) is 5.79 Å². The van der Waals surface area contributed by atoms with Gasteiger partial charge in [0.15, 0.2) is 11.4 Å². The fourth-order valence-electron chi connectivity index (χ4n) is 8.28. The monoisotopic (exact) mass is 573 g/mol. The Labute approximate surface area is 236 Å². The number of fused-ring (bicyclic) bond motifs is 3. The minimum Gasteiger partial charge on any atom is -0.458 e. The Balaban J connectivity index is 0.00000420. The van der Waals surface area contributed by atoms with Crippen LogP contribution in [-0.4, -0.2) is 93.9 Å². The summed E-state index contributed by atoms with van der Waals surface area (Å²) in [6, 6.07) is -0.615. The van der Waals surface area contributed by atoms with Crippen molar-refractivity contribution in [3.05, 3.63) is 12.7 Å². The number of ketones is 1. The molecule has 0 aromatic heterocycles. The highest BCUT2D eigenvalue weighted by atomic mass is 35.5. The van der Waals surface area contributed by atoms with Crippen molar-refractivity contribution in [1.82, 2.24) is 4.90 Å². The lowest BCUT2D eigenvalue weighted by atomic mass is 9.38. The molecule has 8 atom stereocenters. The molecule has 4 aliphatic rings. The first-order valence-corrected chi connectivity index (χ1v) is 13.4. The van der Waals surface area contributed by atoms with Crippen molar-refractivity contribution < 1.29 is 43.5 Å². The van der Waals surface area contributed by atoms with E-state index < -0.39 is 69.2 Å². The molecule has 4 fully saturated rings. The lowest BCUT2D eigenvalue weighted by Gasteiger charge is -2.74. The summed E-state index contributed by atoms with van der Waals surface area (Å²) < 4.78 is 23.9. The van der Waals surface area contributed by atoms with Crippen molar-refractivity contribution in [3.63, 3.8) is 0 Å². The SMILES string of the molecule is C=C[C@@]1(C)CC(=O)[C@]2(O)[C@]3(C)[C@@H]([C@H](N4CCOCC4)[C@H](OC(C)=O)[C@@]2(C)O1)C(C)(C)CC[C@@]3(O)OC(C)=O.Cl. The Morgan fingerprint density at radius 3 is 2.15 bits per heavy atom. The second-order valence-corrected chi connectivity index (χ2v) is 12.8. The maximum atomic E-state index is 14.3. The van der Waals surface area contributed by atoms with Gasteiger partial charge in [0.1, 0.15) is 11.7 Å². The summed E-state index contributed by atoms with van der Waals surface area (Å²) in [5, 5.41) is 25.1. The van der Waals surface area contributed by atoms with E-state index in [9.17, 15) is 24.6 Å². The third-order valence-electron chi connectivity index (χ3n) is 9.91. The molecular weight excluding hydrogens is 530 g/mol. The van der Waals surface area contributed by atoms with Crippen LogP contribution in [0.1, 0.15) is 67.7 Å². The summed E-state index contributed by atoms with van der Waals surface area (Å²) in [6.45, 7) is 17.1. The number of hydrogen-bond donors (Lipinski definition) is 2. The molecule has 2 N–H and O–H groups in total. The maximum absolute atomic E-state index is 14.3. The lowest BCUT2D eigenvalue weighted by Crippen LogP contribution is -2.90. The molecule has 222 valence electrons. The maximum Gasteiger partial charge on any atom is 0.305 e. The number of halogens is 1. The molecule has 2 saturated carbocycles. The number of ether oxygens (including phenoxy) is 4. The Hall–Kier alpha value is -1.56. The molecule has 0 spiro atoms. The number of aliphatic hydroxyl groups is 2. The van der Waals surface area contributed by atoms with Crippen molar-refractivity contribution in [2.45, 2.75) is 102 Å². The molecular formula is C28H44ClNO9. The molecule has 0 bridgehead atoms. The third kappa shape index (κ3) is 4.37. The number of hydrogen-bond acceptors (Lipinski definition) is 10. The summed E-state index contributed by atoms with van der Waals surface area (Å²) >= 11 is 0. The van der Waals surface area contributed by atoms with E-state index in [1.165, 1.54) is 19.9 Å². The number of carbonyl (C=O) groups is 3. The van der Waals surface area contributed by atoms with Gasteiger partial charge in [-0.2, -0.15) is 0 Å². The minimum atomic E-state index is -2.40. The largest absolute Gasteiger partial charge is 0.458 e. The first kappa shape index (κ1) is 32.0. The first-order valence-electron chi connectivity index (χ1n) is 13.4. The van der Waals surface area contributed by atoms with E-state index in [0.717, 1.165) is 0 Å². The summed E-state index contributed by atoms with van der Waals surface area (Å²) in [5.41, 5.74) is -7.76. The van der Waals surface area contributed by atoms with Crippen LogP contribution in [-0.2, 0) is 33.3 Å². The molecule has 10 nitrogen and oxygen atoms in total. The van der Waals surface area contributed by atoms with E-state index in [4.69, 9.17) is 18.9 Å². The molecule has 39 heavy (non-hydrogen) atoms. The minimum absolute atomic E-state index is 0. The molecule has 2 heterocycles. The molecule has 0 aromatic carbocycles. The van der Waals surface area contributed by atoms with Crippen LogP contribution in [0.15, 0.2) is 12.7 Å². The zero-order valence-electron chi connectivity index (χ0n) is 24.1. The van der Waals surface area contributed by atoms with Crippen molar-refractivity contribution in [3.8, 4) is 0 Å². The molecule has 0 aromatic rings. The Kier molecular flexibility index (Phi) is 8.25. The van der Waals surface area contributed by atoms with Gasteiger partial charge >= 0.3 is 11.9 Å². The number of carbonyl (C=O) groups excluding carboxylic acids is 3. The van der Waals surface area contributed by atoms with Crippen LogP contribution in [0.5, 0.6) is 0 Å². The number of rotatable bonds is 4. The summed E-state index contributed by atoms with van der Waals surface area (Å²) in [7, 11) is 0. The van der Waals surface area contributed by atoms with Crippen molar-refractivity contribution in [2.75, 3.05) is 26.3 Å². The zero-order chi connectivity index (χ0) is 28.5. The van der Waals surface area contributed by atoms with Crippen LogP contribution >= 0.6 is 12.4 Å². The first-order chi connectivity index (χ1) is 17.4. The van der Waals surface area contributed by atoms with Crippen LogP contribution in [0.25, 0.3) is 0 Å². The quantitative estimate of drug-likeness (QED) is 0.293. The number of Topliss-reactive ketones (excluding diaryl/α,β-unsaturated/α-hetero) is 1. The van der Waals surface area contributed by atoms with Crippen LogP contribution < -0.4 is 0 Å². The highest BCUT2D eigenvalue weighted by molar-refractivity contribution is 5.92. The Bertz CT molecular complexity index is 1030.